The summed E-state index contributed by atoms with van der Waals surface area (Å²) in [6.45, 7) is 0.540. The number of rotatable bonds is 5. The lowest BCUT2D eigenvalue weighted by molar-refractivity contribution is 0.0948. The number of para-hydroxylation sites is 1. The molecule has 114 valence electrons. The Morgan fingerprint density at radius 3 is 3.00 bits per heavy atom. The number of fused-ring (bicyclic) bond motifs is 1. The van der Waals surface area contributed by atoms with Crippen LogP contribution in [0.25, 0.3) is 0 Å². The van der Waals surface area contributed by atoms with Crippen LogP contribution < -0.4 is 10.1 Å². The number of ether oxygens (including phenoxy) is 1. The zero-order valence-electron chi connectivity index (χ0n) is 12.6. The standard InChI is InChI=1S/C17H19N3O2/c1-22-16-8-3-2-5-12(16)9-10-18-17(21)15-11-13-6-4-7-14(13)19-20-15/h2-3,5,8,11H,4,6-7,9-10H2,1H3,(H,18,21). The summed E-state index contributed by atoms with van der Waals surface area (Å²) in [5.41, 5.74) is 3.67. The maximum absolute atomic E-state index is 12.1. The molecule has 1 aliphatic carbocycles. The molecule has 0 aliphatic heterocycles. The van der Waals surface area contributed by atoms with Crippen molar-refractivity contribution in [3.8, 4) is 5.75 Å². The number of hydrogen-bond acceptors (Lipinski definition) is 4. The van der Waals surface area contributed by atoms with Crippen molar-refractivity contribution >= 4 is 5.91 Å². The number of aryl methyl sites for hydroxylation is 2. The minimum Gasteiger partial charge on any atom is -0.496 e. The number of methoxy groups -OCH3 is 1. The smallest absolute Gasteiger partial charge is 0.271 e. The van der Waals surface area contributed by atoms with Crippen molar-refractivity contribution in [2.75, 3.05) is 13.7 Å². The predicted molar refractivity (Wildman–Crippen MR) is 83.1 cm³/mol. The van der Waals surface area contributed by atoms with Crippen LogP contribution >= 0.6 is 0 Å². The summed E-state index contributed by atoms with van der Waals surface area (Å²) < 4.78 is 5.30. The first-order valence-corrected chi connectivity index (χ1v) is 7.53. The molecule has 0 atom stereocenters. The number of benzene rings is 1. The highest BCUT2D eigenvalue weighted by Gasteiger charge is 2.16. The van der Waals surface area contributed by atoms with Gasteiger partial charge in [-0.2, -0.15) is 5.10 Å². The van der Waals surface area contributed by atoms with Crippen LogP contribution in [0, 0.1) is 0 Å². The molecule has 22 heavy (non-hydrogen) atoms. The Kier molecular flexibility index (Phi) is 4.32. The van der Waals surface area contributed by atoms with Crippen molar-refractivity contribution in [1.82, 2.24) is 15.5 Å². The molecule has 1 N–H and O–H groups in total. The number of carbonyl (C=O) groups excluding carboxylic acids is 1. The van der Waals surface area contributed by atoms with Gasteiger partial charge in [0.05, 0.1) is 12.8 Å². The van der Waals surface area contributed by atoms with Gasteiger partial charge in [-0.3, -0.25) is 4.79 Å². The SMILES string of the molecule is COc1ccccc1CCNC(=O)c1cc2c(nn1)CCC2. The molecule has 3 rings (SSSR count). The highest BCUT2D eigenvalue weighted by atomic mass is 16.5. The van der Waals surface area contributed by atoms with Crippen LogP contribution in [0.4, 0.5) is 0 Å². The monoisotopic (exact) mass is 297 g/mol. The molecule has 1 aliphatic rings. The summed E-state index contributed by atoms with van der Waals surface area (Å²) in [6, 6.07) is 9.68. The van der Waals surface area contributed by atoms with Crippen molar-refractivity contribution in [3.63, 3.8) is 0 Å². The molecule has 5 heteroatoms. The number of hydrogen-bond donors (Lipinski definition) is 1. The van der Waals surface area contributed by atoms with Crippen LogP contribution in [0.15, 0.2) is 30.3 Å². The second-order valence-electron chi connectivity index (χ2n) is 5.37. The fraction of sp³-hybridized carbons (Fsp3) is 0.353. The lowest BCUT2D eigenvalue weighted by Crippen LogP contribution is -2.27. The van der Waals surface area contributed by atoms with Crippen molar-refractivity contribution < 1.29 is 9.53 Å². The van der Waals surface area contributed by atoms with Crippen LogP contribution in [0.2, 0.25) is 0 Å². The van der Waals surface area contributed by atoms with Gasteiger partial charge in [-0.05, 0) is 48.9 Å². The van der Waals surface area contributed by atoms with Crippen LogP contribution in [-0.4, -0.2) is 29.8 Å². The molecule has 0 radical (unpaired) electrons. The first-order chi connectivity index (χ1) is 10.8. The largest absolute Gasteiger partial charge is 0.496 e. The summed E-state index contributed by atoms with van der Waals surface area (Å²) in [5.74, 6) is 0.672. The molecule has 0 fully saturated rings. The highest BCUT2D eigenvalue weighted by molar-refractivity contribution is 5.92. The third kappa shape index (κ3) is 3.08. The van der Waals surface area contributed by atoms with E-state index in [0.717, 1.165) is 41.8 Å². The molecule has 0 spiro atoms. The molecule has 0 unspecified atom stereocenters. The molecular formula is C17H19N3O2. The fourth-order valence-corrected chi connectivity index (χ4v) is 2.75. The van der Waals surface area contributed by atoms with E-state index in [9.17, 15) is 4.79 Å². The number of nitrogens with zero attached hydrogens (tertiary/aromatic N) is 2. The maximum atomic E-state index is 12.1. The summed E-state index contributed by atoms with van der Waals surface area (Å²) >= 11 is 0. The summed E-state index contributed by atoms with van der Waals surface area (Å²) in [5, 5.41) is 11.1. The fourth-order valence-electron chi connectivity index (χ4n) is 2.75. The Hall–Kier alpha value is -2.43. The number of nitrogens with one attached hydrogen (secondary N) is 1. The Balaban J connectivity index is 1.58. The molecular weight excluding hydrogens is 278 g/mol. The molecule has 0 bridgehead atoms. The van der Waals surface area contributed by atoms with E-state index in [2.05, 4.69) is 15.5 Å². The van der Waals surface area contributed by atoms with Crippen molar-refractivity contribution in [2.45, 2.75) is 25.7 Å². The van der Waals surface area contributed by atoms with Gasteiger partial charge in [0.1, 0.15) is 5.75 Å². The van der Waals surface area contributed by atoms with Crippen LogP contribution in [0.1, 0.15) is 33.7 Å². The first kappa shape index (κ1) is 14.5. The van der Waals surface area contributed by atoms with Gasteiger partial charge >= 0.3 is 0 Å². The summed E-state index contributed by atoms with van der Waals surface area (Å²) in [4.78, 5) is 12.1. The molecule has 1 heterocycles. The Morgan fingerprint density at radius 1 is 1.27 bits per heavy atom. The van der Waals surface area contributed by atoms with Crippen LogP contribution in [-0.2, 0) is 19.3 Å². The zero-order chi connectivity index (χ0) is 15.4. The lowest BCUT2D eigenvalue weighted by Gasteiger charge is -2.09. The van der Waals surface area contributed by atoms with Gasteiger partial charge in [0.25, 0.3) is 5.91 Å². The third-order valence-corrected chi connectivity index (χ3v) is 3.92. The molecule has 1 amide bonds. The van der Waals surface area contributed by atoms with Gasteiger partial charge in [0.15, 0.2) is 5.69 Å². The van der Waals surface area contributed by atoms with E-state index in [1.54, 1.807) is 7.11 Å². The topological polar surface area (TPSA) is 64.1 Å². The minimum absolute atomic E-state index is 0.169. The van der Waals surface area contributed by atoms with Gasteiger partial charge in [0, 0.05) is 6.54 Å². The van der Waals surface area contributed by atoms with Crippen molar-refractivity contribution in [1.29, 1.82) is 0 Å². The lowest BCUT2D eigenvalue weighted by atomic mass is 10.1. The van der Waals surface area contributed by atoms with E-state index in [1.165, 1.54) is 0 Å². The highest BCUT2D eigenvalue weighted by Crippen LogP contribution is 2.19. The van der Waals surface area contributed by atoms with Gasteiger partial charge in [-0.25, -0.2) is 0 Å². The normalized spacial score (nSPS) is 12.8. The molecule has 1 aromatic heterocycles. The first-order valence-electron chi connectivity index (χ1n) is 7.53. The Bertz CT molecular complexity index is 685. The number of carbonyl (C=O) groups is 1. The summed E-state index contributed by atoms with van der Waals surface area (Å²) in [7, 11) is 1.65. The van der Waals surface area contributed by atoms with E-state index in [1.807, 2.05) is 30.3 Å². The van der Waals surface area contributed by atoms with Crippen LogP contribution in [0.3, 0.4) is 0 Å². The molecule has 2 aromatic rings. The second kappa shape index (κ2) is 6.56. The maximum Gasteiger partial charge on any atom is 0.271 e. The molecule has 0 saturated carbocycles. The van der Waals surface area contributed by atoms with E-state index in [4.69, 9.17) is 4.74 Å². The number of amides is 1. The van der Waals surface area contributed by atoms with E-state index in [0.29, 0.717) is 18.7 Å². The molecule has 5 nitrogen and oxygen atoms in total. The average Bonchev–Trinajstić information content (AvgIpc) is 3.02. The minimum atomic E-state index is -0.169. The average molecular weight is 297 g/mol. The number of aromatic nitrogens is 2. The second-order valence-corrected chi connectivity index (χ2v) is 5.37. The van der Waals surface area contributed by atoms with E-state index < -0.39 is 0 Å². The molecule has 1 aromatic carbocycles. The van der Waals surface area contributed by atoms with Gasteiger partial charge in [0.2, 0.25) is 0 Å². The van der Waals surface area contributed by atoms with Gasteiger partial charge in [-0.1, -0.05) is 18.2 Å². The van der Waals surface area contributed by atoms with Gasteiger partial charge in [-0.15, -0.1) is 5.10 Å². The predicted octanol–water partition coefficient (Wildman–Crippen LogP) is 1.95. The summed E-state index contributed by atoms with van der Waals surface area (Å²) in [6.07, 6.45) is 3.78. The molecule has 0 saturated heterocycles. The Labute approximate surface area is 129 Å². The van der Waals surface area contributed by atoms with Crippen molar-refractivity contribution in [3.05, 3.63) is 52.8 Å². The third-order valence-electron chi connectivity index (χ3n) is 3.92. The van der Waals surface area contributed by atoms with E-state index >= 15 is 0 Å². The quantitative estimate of drug-likeness (QED) is 0.916. The Morgan fingerprint density at radius 2 is 2.14 bits per heavy atom. The van der Waals surface area contributed by atoms with Gasteiger partial charge < -0.3 is 10.1 Å². The van der Waals surface area contributed by atoms with E-state index in [-0.39, 0.29) is 5.91 Å². The van der Waals surface area contributed by atoms with Crippen molar-refractivity contribution in [2.24, 2.45) is 0 Å². The zero-order valence-corrected chi connectivity index (χ0v) is 12.6. The van der Waals surface area contributed by atoms with Crippen LogP contribution in [0.5, 0.6) is 5.75 Å².